The molecule has 0 radical (unpaired) electrons. The molecule has 3 N–H and O–H groups in total. The van der Waals surface area contributed by atoms with Crippen LogP contribution in [0.2, 0.25) is 0 Å². The third kappa shape index (κ3) is 3.83. The van der Waals surface area contributed by atoms with Crippen molar-refractivity contribution in [1.29, 1.82) is 0 Å². The number of likely N-dealkylation sites (tertiary alicyclic amines) is 2. The standard InChI is InChI=1S/C13H23N3O3/c14-11-3-6-15(7-4-11)13(19)16-5-1-2-10(9-16)8-12(17)18/h10-11H,1-9,14H2,(H,17,18). The highest BCUT2D eigenvalue weighted by atomic mass is 16.4. The normalized spacial score (nSPS) is 25.4. The number of aliphatic carboxylic acids is 1. The highest BCUT2D eigenvalue weighted by Crippen LogP contribution is 2.21. The fraction of sp³-hybridized carbons (Fsp3) is 0.846. The van der Waals surface area contributed by atoms with E-state index < -0.39 is 5.97 Å². The van der Waals surface area contributed by atoms with Crippen LogP contribution in [0.25, 0.3) is 0 Å². The second-order valence-electron chi connectivity index (χ2n) is 5.66. The number of carbonyl (C=O) groups excluding carboxylic acids is 1. The predicted molar refractivity (Wildman–Crippen MR) is 70.7 cm³/mol. The van der Waals surface area contributed by atoms with E-state index in [1.54, 1.807) is 0 Å². The zero-order valence-corrected chi connectivity index (χ0v) is 11.3. The van der Waals surface area contributed by atoms with E-state index in [0.717, 1.165) is 45.3 Å². The summed E-state index contributed by atoms with van der Waals surface area (Å²) in [6, 6.07) is 0.271. The Morgan fingerprint density at radius 1 is 1.11 bits per heavy atom. The van der Waals surface area contributed by atoms with Gasteiger partial charge in [-0.1, -0.05) is 0 Å². The van der Waals surface area contributed by atoms with Gasteiger partial charge in [0.25, 0.3) is 0 Å². The Morgan fingerprint density at radius 3 is 2.42 bits per heavy atom. The zero-order chi connectivity index (χ0) is 13.8. The molecule has 2 aliphatic heterocycles. The van der Waals surface area contributed by atoms with Gasteiger partial charge in [-0.3, -0.25) is 4.79 Å². The first-order valence-corrected chi connectivity index (χ1v) is 7.07. The summed E-state index contributed by atoms with van der Waals surface area (Å²) in [4.78, 5) is 26.8. The molecule has 19 heavy (non-hydrogen) atoms. The second kappa shape index (κ2) is 6.23. The largest absolute Gasteiger partial charge is 0.481 e. The monoisotopic (exact) mass is 269 g/mol. The summed E-state index contributed by atoms with van der Waals surface area (Å²) in [6.45, 7) is 2.77. The summed E-state index contributed by atoms with van der Waals surface area (Å²) < 4.78 is 0. The predicted octanol–water partition coefficient (Wildman–Crippen LogP) is 0.716. The van der Waals surface area contributed by atoms with Crippen molar-refractivity contribution in [3.8, 4) is 0 Å². The molecule has 2 rings (SSSR count). The molecule has 6 heteroatoms. The van der Waals surface area contributed by atoms with Crippen LogP contribution < -0.4 is 5.73 Å². The number of rotatable bonds is 2. The van der Waals surface area contributed by atoms with Crippen LogP contribution in [0, 0.1) is 5.92 Å². The number of urea groups is 1. The van der Waals surface area contributed by atoms with E-state index in [-0.39, 0.29) is 24.4 Å². The van der Waals surface area contributed by atoms with Crippen LogP contribution in [0.5, 0.6) is 0 Å². The number of hydrogen-bond acceptors (Lipinski definition) is 3. The van der Waals surface area contributed by atoms with Crippen LogP contribution in [0.4, 0.5) is 4.79 Å². The van der Waals surface area contributed by atoms with E-state index in [0.29, 0.717) is 6.54 Å². The summed E-state index contributed by atoms with van der Waals surface area (Å²) >= 11 is 0. The number of amides is 2. The van der Waals surface area contributed by atoms with Gasteiger partial charge in [0.2, 0.25) is 0 Å². The number of nitrogens with zero attached hydrogens (tertiary/aromatic N) is 2. The molecule has 0 aromatic heterocycles. The molecule has 0 saturated carbocycles. The molecule has 1 unspecified atom stereocenters. The molecular formula is C13H23N3O3. The Labute approximate surface area is 113 Å². The van der Waals surface area contributed by atoms with Crippen LogP contribution in [0.1, 0.15) is 32.1 Å². The lowest BCUT2D eigenvalue weighted by atomic mass is 9.95. The molecule has 6 nitrogen and oxygen atoms in total. The maximum absolute atomic E-state index is 12.4. The Kier molecular flexibility index (Phi) is 4.63. The number of carboxylic acid groups (broad SMARTS) is 1. The van der Waals surface area contributed by atoms with E-state index in [1.807, 2.05) is 9.80 Å². The number of carbonyl (C=O) groups is 2. The van der Waals surface area contributed by atoms with Crippen molar-refractivity contribution in [1.82, 2.24) is 9.80 Å². The average Bonchev–Trinajstić information content (AvgIpc) is 2.38. The van der Waals surface area contributed by atoms with Gasteiger partial charge < -0.3 is 20.6 Å². The van der Waals surface area contributed by atoms with Crippen molar-refractivity contribution in [3.05, 3.63) is 0 Å². The van der Waals surface area contributed by atoms with Crippen LogP contribution in [0.15, 0.2) is 0 Å². The van der Waals surface area contributed by atoms with Gasteiger partial charge >= 0.3 is 12.0 Å². The summed E-state index contributed by atoms with van der Waals surface area (Å²) in [5, 5.41) is 8.84. The van der Waals surface area contributed by atoms with Crippen LogP contribution in [0.3, 0.4) is 0 Å². The molecule has 108 valence electrons. The summed E-state index contributed by atoms with van der Waals surface area (Å²) in [6.07, 6.45) is 3.68. The van der Waals surface area contributed by atoms with Gasteiger partial charge in [0.05, 0.1) is 0 Å². The van der Waals surface area contributed by atoms with Crippen molar-refractivity contribution in [2.24, 2.45) is 11.7 Å². The molecule has 0 spiro atoms. The molecular weight excluding hydrogens is 246 g/mol. The van der Waals surface area contributed by atoms with Crippen molar-refractivity contribution >= 4 is 12.0 Å². The average molecular weight is 269 g/mol. The minimum absolute atomic E-state index is 0.0574. The Bertz CT molecular complexity index is 340. The third-order valence-electron chi connectivity index (χ3n) is 4.06. The Balaban J connectivity index is 1.86. The zero-order valence-electron chi connectivity index (χ0n) is 11.3. The molecule has 0 aromatic carbocycles. The topological polar surface area (TPSA) is 86.9 Å². The van der Waals surface area contributed by atoms with E-state index in [1.165, 1.54) is 0 Å². The Morgan fingerprint density at radius 2 is 1.79 bits per heavy atom. The maximum Gasteiger partial charge on any atom is 0.320 e. The Hall–Kier alpha value is -1.30. The fourth-order valence-electron chi connectivity index (χ4n) is 2.94. The lowest BCUT2D eigenvalue weighted by molar-refractivity contribution is -0.138. The van der Waals surface area contributed by atoms with E-state index in [4.69, 9.17) is 10.8 Å². The molecule has 2 heterocycles. The van der Waals surface area contributed by atoms with E-state index in [9.17, 15) is 9.59 Å². The SMILES string of the molecule is NC1CCN(C(=O)N2CCCC(CC(=O)O)C2)CC1. The molecule has 0 aliphatic carbocycles. The van der Waals surface area contributed by atoms with Gasteiger partial charge in [0, 0.05) is 38.6 Å². The van der Waals surface area contributed by atoms with E-state index >= 15 is 0 Å². The number of hydrogen-bond donors (Lipinski definition) is 2. The van der Waals surface area contributed by atoms with Crippen molar-refractivity contribution in [3.63, 3.8) is 0 Å². The van der Waals surface area contributed by atoms with Crippen LogP contribution in [-0.2, 0) is 4.79 Å². The fourth-order valence-corrected chi connectivity index (χ4v) is 2.94. The van der Waals surface area contributed by atoms with Crippen LogP contribution in [-0.4, -0.2) is 59.1 Å². The van der Waals surface area contributed by atoms with Gasteiger partial charge in [0.1, 0.15) is 0 Å². The summed E-state index contributed by atoms with van der Waals surface area (Å²) in [5.41, 5.74) is 5.84. The lowest BCUT2D eigenvalue weighted by Gasteiger charge is -2.38. The number of carboxylic acids is 1. The van der Waals surface area contributed by atoms with E-state index in [2.05, 4.69) is 0 Å². The highest BCUT2D eigenvalue weighted by molar-refractivity contribution is 5.75. The van der Waals surface area contributed by atoms with Crippen molar-refractivity contribution < 1.29 is 14.7 Å². The first-order chi connectivity index (χ1) is 9.06. The van der Waals surface area contributed by atoms with Gasteiger partial charge in [0.15, 0.2) is 0 Å². The minimum Gasteiger partial charge on any atom is -0.481 e. The molecule has 2 fully saturated rings. The summed E-state index contributed by atoms with van der Waals surface area (Å²) in [7, 11) is 0. The smallest absolute Gasteiger partial charge is 0.320 e. The van der Waals surface area contributed by atoms with Gasteiger partial charge in [-0.2, -0.15) is 0 Å². The van der Waals surface area contributed by atoms with Gasteiger partial charge in [-0.05, 0) is 31.6 Å². The molecule has 2 saturated heterocycles. The third-order valence-corrected chi connectivity index (χ3v) is 4.06. The quantitative estimate of drug-likeness (QED) is 0.773. The highest BCUT2D eigenvalue weighted by Gasteiger charge is 2.29. The number of piperidine rings is 2. The van der Waals surface area contributed by atoms with Gasteiger partial charge in [-0.15, -0.1) is 0 Å². The molecule has 2 amide bonds. The second-order valence-corrected chi connectivity index (χ2v) is 5.66. The van der Waals surface area contributed by atoms with Gasteiger partial charge in [-0.25, -0.2) is 4.79 Å². The molecule has 2 aliphatic rings. The lowest BCUT2D eigenvalue weighted by Crippen LogP contribution is -2.51. The molecule has 1 atom stereocenters. The summed E-state index contributed by atoms with van der Waals surface area (Å²) in [5.74, 6) is -0.675. The minimum atomic E-state index is -0.775. The van der Waals surface area contributed by atoms with Crippen LogP contribution >= 0.6 is 0 Å². The first-order valence-electron chi connectivity index (χ1n) is 7.07. The van der Waals surface area contributed by atoms with Crippen molar-refractivity contribution in [2.45, 2.75) is 38.1 Å². The van der Waals surface area contributed by atoms with Crippen molar-refractivity contribution in [2.75, 3.05) is 26.2 Å². The molecule has 0 bridgehead atoms. The first kappa shape index (κ1) is 14.1. The maximum atomic E-state index is 12.4. The number of nitrogens with two attached hydrogens (primary N) is 1. The molecule has 0 aromatic rings.